The summed E-state index contributed by atoms with van der Waals surface area (Å²) in [4.78, 5) is 111. The summed E-state index contributed by atoms with van der Waals surface area (Å²) >= 11 is 0. The standard InChI is InChI=1S/C47H46N5O8/c53-40-32-16-1-2-17-33(32)41(54)48(40)24-9-12-28-52(31-15-27-51-46(59)38-22-7-8-23-39(38)47(51)60,29-13-10-25-49-42(55)34-18-3-4-19-35(34)43(49)56)30-14-11-26-50-44(57)36-20-5-6-21-37(36)45(50)58/h1-8,16-23H,9-15,24-31H2/q+1. The minimum atomic E-state index is -0.323. The molecule has 0 saturated carbocycles. The fourth-order valence-corrected chi connectivity index (χ4v) is 9.16. The van der Waals surface area contributed by atoms with Crippen LogP contribution in [0, 0.1) is 0 Å². The van der Waals surface area contributed by atoms with Gasteiger partial charge in [-0.05, 0) is 87.1 Å². The number of nitrogens with zero attached hydrogens (tertiary/aromatic N) is 5. The van der Waals surface area contributed by atoms with E-state index in [9.17, 15) is 38.4 Å². The van der Waals surface area contributed by atoms with Crippen LogP contribution in [0.2, 0.25) is 0 Å². The first kappa shape index (κ1) is 40.2. The van der Waals surface area contributed by atoms with Gasteiger partial charge in [0.25, 0.3) is 47.3 Å². The van der Waals surface area contributed by atoms with Crippen molar-refractivity contribution in [3.63, 3.8) is 0 Å². The van der Waals surface area contributed by atoms with Crippen LogP contribution in [0.25, 0.3) is 0 Å². The van der Waals surface area contributed by atoms with Gasteiger partial charge in [0.1, 0.15) is 0 Å². The van der Waals surface area contributed by atoms with E-state index < -0.39 is 0 Å². The minimum absolute atomic E-state index is 0.214. The maximum absolute atomic E-state index is 13.3. The molecule has 0 spiro atoms. The second-order valence-electron chi connectivity index (χ2n) is 15.9. The second-order valence-corrected chi connectivity index (χ2v) is 15.9. The lowest BCUT2D eigenvalue weighted by Crippen LogP contribution is -2.52. The molecule has 4 aromatic rings. The van der Waals surface area contributed by atoms with Crippen molar-refractivity contribution in [2.75, 3.05) is 52.4 Å². The molecule has 0 aromatic heterocycles. The van der Waals surface area contributed by atoms with Gasteiger partial charge in [0, 0.05) is 32.6 Å². The van der Waals surface area contributed by atoms with Gasteiger partial charge < -0.3 is 4.48 Å². The van der Waals surface area contributed by atoms with Crippen molar-refractivity contribution in [2.24, 2.45) is 0 Å². The van der Waals surface area contributed by atoms with Gasteiger partial charge >= 0.3 is 0 Å². The predicted octanol–water partition coefficient (Wildman–Crippen LogP) is 5.72. The zero-order valence-electron chi connectivity index (χ0n) is 33.3. The number of hydrogen-bond acceptors (Lipinski definition) is 8. The van der Waals surface area contributed by atoms with Crippen LogP contribution in [-0.4, -0.2) is 124 Å². The first-order chi connectivity index (χ1) is 29.1. The molecule has 13 heteroatoms. The third-order valence-electron chi connectivity index (χ3n) is 12.3. The Morgan fingerprint density at radius 1 is 0.267 bits per heavy atom. The number of quaternary nitrogens is 1. The summed E-state index contributed by atoms with van der Waals surface area (Å²) in [7, 11) is 0. The molecule has 8 rings (SSSR count). The van der Waals surface area contributed by atoms with Crippen molar-refractivity contribution >= 4 is 47.3 Å². The van der Waals surface area contributed by atoms with Gasteiger partial charge in [-0.3, -0.25) is 58.0 Å². The number of amides is 8. The molecule has 13 nitrogen and oxygen atoms in total. The Labute approximate surface area is 347 Å². The summed E-state index contributed by atoms with van der Waals surface area (Å²) in [5.74, 6) is -2.49. The second kappa shape index (κ2) is 16.9. The zero-order chi connectivity index (χ0) is 42.0. The van der Waals surface area contributed by atoms with E-state index in [1.54, 1.807) is 97.1 Å². The average molecular weight is 809 g/mol. The van der Waals surface area contributed by atoms with Crippen molar-refractivity contribution in [2.45, 2.75) is 44.9 Å². The Morgan fingerprint density at radius 2 is 0.450 bits per heavy atom. The summed E-state index contributed by atoms with van der Waals surface area (Å²) in [6, 6.07) is 27.2. The van der Waals surface area contributed by atoms with E-state index in [-0.39, 0.29) is 73.4 Å². The molecular formula is C47H46N5O8+. The molecule has 0 radical (unpaired) electrons. The van der Waals surface area contributed by atoms with Gasteiger partial charge in [-0.25, -0.2) is 0 Å². The summed E-state index contributed by atoms with van der Waals surface area (Å²) in [6.45, 7) is 3.48. The molecule has 8 amide bonds. The Balaban J connectivity index is 0.972. The largest absolute Gasteiger partial charge is 0.324 e. The SMILES string of the molecule is O=C1c2ccccc2C(=O)N1CCCC[N+](CCCCN1C(=O)c2ccccc2C1=O)(CCCCN1C(=O)c2ccccc2C1=O)CCCN1C(=O)c2ccccc2C1=O. The zero-order valence-corrected chi connectivity index (χ0v) is 33.3. The molecule has 4 heterocycles. The van der Waals surface area contributed by atoms with Crippen LogP contribution in [0.5, 0.6) is 0 Å². The lowest BCUT2D eigenvalue weighted by molar-refractivity contribution is -0.929. The van der Waals surface area contributed by atoms with Crippen LogP contribution in [0.4, 0.5) is 0 Å². The molecule has 0 fully saturated rings. The Kier molecular flexibility index (Phi) is 11.3. The number of unbranched alkanes of at least 4 members (excludes halogenated alkanes) is 3. The first-order valence-electron chi connectivity index (χ1n) is 20.8. The van der Waals surface area contributed by atoms with Crippen LogP contribution in [0.3, 0.4) is 0 Å². The highest BCUT2D eigenvalue weighted by Gasteiger charge is 2.39. The fraction of sp³-hybridized carbons (Fsp3) is 0.319. The number of carbonyl (C=O) groups excluding carboxylic acids is 8. The maximum Gasteiger partial charge on any atom is 0.261 e. The predicted molar refractivity (Wildman–Crippen MR) is 219 cm³/mol. The summed E-state index contributed by atoms with van der Waals surface area (Å²) in [5.41, 5.74) is 3.17. The van der Waals surface area contributed by atoms with Crippen LogP contribution in [0.1, 0.15) is 128 Å². The molecule has 0 unspecified atom stereocenters. The molecule has 60 heavy (non-hydrogen) atoms. The number of hydrogen-bond donors (Lipinski definition) is 0. The van der Waals surface area contributed by atoms with Crippen LogP contribution < -0.4 is 0 Å². The third kappa shape index (κ3) is 7.45. The number of rotatable bonds is 19. The lowest BCUT2D eigenvalue weighted by Gasteiger charge is -2.40. The average Bonchev–Trinajstić information content (AvgIpc) is 3.86. The topological polar surface area (TPSA) is 150 Å². The van der Waals surface area contributed by atoms with Crippen LogP contribution in [0.15, 0.2) is 97.1 Å². The van der Waals surface area contributed by atoms with Crippen molar-refractivity contribution in [1.29, 1.82) is 0 Å². The number of imide groups is 4. The first-order valence-corrected chi connectivity index (χ1v) is 20.8. The van der Waals surface area contributed by atoms with Crippen LogP contribution >= 0.6 is 0 Å². The Hall–Kier alpha value is -6.60. The molecule has 306 valence electrons. The minimum Gasteiger partial charge on any atom is -0.324 e. The molecule has 0 atom stereocenters. The van der Waals surface area contributed by atoms with Gasteiger partial charge in [-0.2, -0.15) is 0 Å². The molecule has 4 aliphatic heterocycles. The molecule has 0 N–H and O–H groups in total. The quantitative estimate of drug-likeness (QED) is 0.0664. The highest BCUT2D eigenvalue weighted by Crippen LogP contribution is 2.28. The molecule has 0 aliphatic carbocycles. The summed E-state index contributed by atoms with van der Waals surface area (Å²) < 4.78 is 0.551. The van der Waals surface area contributed by atoms with E-state index >= 15 is 0 Å². The van der Waals surface area contributed by atoms with Crippen molar-refractivity contribution in [1.82, 2.24) is 19.6 Å². The summed E-state index contributed by atoms with van der Waals surface area (Å²) in [6.07, 6.45) is 4.10. The van der Waals surface area contributed by atoms with Gasteiger partial charge in [0.05, 0.1) is 70.7 Å². The van der Waals surface area contributed by atoms with E-state index in [0.29, 0.717) is 120 Å². The molecule has 4 aromatic carbocycles. The van der Waals surface area contributed by atoms with E-state index in [4.69, 9.17) is 0 Å². The number of fused-ring (bicyclic) bond motifs is 4. The third-order valence-corrected chi connectivity index (χ3v) is 12.3. The van der Waals surface area contributed by atoms with Gasteiger partial charge in [-0.1, -0.05) is 48.5 Å². The Bertz CT molecular complexity index is 2100. The van der Waals surface area contributed by atoms with Crippen molar-refractivity contribution in [3.8, 4) is 0 Å². The smallest absolute Gasteiger partial charge is 0.261 e. The Morgan fingerprint density at radius 3 is 0.667 bits per heavy atom. The molecule has 4 aliphatic rings. The fourth-order valence-electron chi connectivity index (χ4n) is 9.16. The van der Waals surface area contributed by atoms with E-state index in [0.717, 1.165) is 0 Å². The lowest BCUT2D eigenvalue weighted by atomic mass is 10.1. The highest BCUT2D eigenvalue weighted by atomic mass is 16.2. The number of benzene rings is 4. The van der Waals surface area contributed by atoms with Crippen molar-refractivity contribution < 1.29 is 42.8 Å². The van der Waals surface area contributed by atoms with Crippen molar-refractivity contribution in [3.05, 3.63) is 142 Å². The van der Waals surface area contributed by atoms with Gasteiger partial charge in [0.2, 0.25) is 0 Å². The normalized spacial score (nSPS) is 15.8. The maximum atomic E-state index is 13.3. The van der Waals surface area contributed by atoms with Gasteiger partial charge in [-0.15, -0.1) is 0 Å². The monoisotopic (exact) mass is 808 g/mol. The molecule has 0 saturated heterocycles. The van der Waals surface area contributed by atoms with E-state index in [1.807, 2.05) is 0 Å². The van der Waals surface area contributed by atoms with Gasteiger partial charge in [0.15, 0.2) is 0 Å². The van der Waals surface area contributed by atoms with Crippen LogP contribution in [-0.2, 0) is 0 Å². The van der Waals surface area contributed by atoms with E-state index in [2.05, 4.69) is 0 Å². The highest BCUT2D eigenvalue weighted by molar-refractivity contribution is 6.23. The van der Waals surface area contributed by atoms with E-state index in [1.165, 1.54) is 19.6 Å². The summed E-state index contributed by atoms with van der Waals surface area (Å²) in [5, 5.41) is 0. The molecular weight excluding hydrogens is 763 g/mol. The molecule has 0 bridgehead atoms. The number of carbonyl (C=O) groups is 8.